The van der Waals surface area contributed by atoms with Crippen molar-refractivity contribution in [3.8, 4) is 0 Å². The number of esters is 2. The fraction of sp³-hybridized carbons (Fsp3) is 0.423. The highest BCUT2D eigenvalue weighted by Gasteiger charge is 2.57. The van der Waals surface area contributed by atoms with Gasteiger partial charge in [-0.05, 0) is 17.7 Å². The highest BCUT2D eigenvalue weighted by molar-refractivity contribution is 5.89. The summed E-state index contributed by atoms with van der Waals surface area (Å²) in [6.07, 6.45) is -3.81. The molecule has 192 valence electrons. The van der Waals surface area contributed by atoms with Crippen molar-refractivity contribution >= 4 is 17.8 Å². The number of carbonyl (C=O) groups is 3. The first-order valence-corrected chi connectivity index (χ1v) is 11.5. The highest BCUT2D eigenvalue weighted by Crippen LogP contribution is 2.35. The molecule has 0 aliphatic carbocycles. The maximum absolute atomic E-state index is 13.1. The number of fused-ring (bicyclic) bond motifs is 1. The quantitative estimate of drug-likeness (QED) is 0.570. The molecule has 36 heavy (non-hydrogen) atoms. The first-order valence-electron chi connectivity index (χ1n) is 11.5. The minimum Gasteiger partial charge on any atom is -0.465 e. The number of nitrogens with one attached hydrogen (secondary N) is 1. The summed E-state index contributed by atoms with van der Waals surface area (Å²) in [5, 5.41) is 2.78. The number of ether oxygens (including phenoxy) is 6. The summed E-state index contributed by atoms with van der Waals surface area (Å²) in [5.74, 6) is -3.53. The maximum Gasteiger partial charge on any atom is 0.366 e. The molecule has 0 radical (unpaired) electrons. The second-order valence-corrected chi connectivity index (χ2v) is 8.63. The topological polar surface area (TPSA) is 119 Å². The van der Waals surface area contributed by atoms with Crippen molar-refractivity contribution in [3.05, 3.63) is 71.8 Å². The number of rotatable bonds is 7. The lowest BCUT2D eigenvalue weighted by atomic mass is 9.94. The first-order chi connectivity index (χ1) is 17.3. The van der Waals surface area contributed by atoms with E-state index in [-0.39, 0.29) is 19.1 Å². The van der Waals surface area contributed by atoms with E-state index in [0.717, 1.165) is 5.56 Å². The Balaban J connectivity index is 1.65. The molecule has 2 heterocycles. The van der Waals surface area contributed by atoms with Crippen molar-refractivity contribution in [2.75, 3.05) is 13.7 Å². The van der Waals surface area contributed by atoms with Gasteiger partial charge in [0.1, 0.15) is 18.2 Å². The molecule has 0 spiro atoms. The summed E-state index contributed by atoms with van der Waals surface area (Å²) in [6.45, 7) is 2.86. The van der Waals surface area contributed by atoms with Gasteiger partial charge in [0.15, 0.2) is 12.4 Å². The summed E-state index contributed by atoms with van der Waals surface area (Å²) in [5.41, 5.74) is 1.20. The van der Waals surface area contributed by atoms with Gasteiger partial charge in [-0.3, -0.25) is 4.79 Å². The maximum atomic E-state index is 13.1. The van der Waals surface area contributed by atoms with Crippen LogP contribution in [-0.4, -0.2) is 68.0 Å². The molecule has 4 rings (SSSR count). The Hall–Kier alpha value is -3.31. The van der Waals surface area contributed by atoms with Crippen molar-refractivity contribution in [2.24, 2.45) is 0 Å². The van der Waals surface area contributed by atoms with E-state index >= 15 is 0 Å². The minimum atomic E-state index is -1.75. The molecule has 2 aromatic carbocycles. The van der Waals surface area contributed by atoms with E-state index in [1.54, 1.807) is 30.3 Å². The van der Waals surface area contributed by atoms with Crippen molar-refractivity contribution in [1.29, 1.82) is 0 Å². The van der Waals surface area contributed by atoms with E-state index in [9.17, 15) is 14.4 Å². The predicted molar refractivity (Wildman–Crippen MR) is 124 cm³/mol. The van der Waals surface area contributed by atoms with Crippen LogP contribution in [0, 0.1) is 0 Å². The van der Waals surface area contributed by atoms with E-state index in [2.05, 4.69) is 5.32 Å². The molecule has 2 aliphatic heterocycles. The molecule has 1 N–H and O–H groups in total. The number of benzene rings is 2. The Morgan fingerprint density at radius 3 is 2.36 bits per heavy atom. The van der Waals surface area contributed by atoms with Crippen LogP contribution in [0.2, 0.25) is 0 Å². The van der Waals surface area contributed by atoms with Crippen LogP contribution in [0.25, 0.3) is 0 Å². The zero-order chi connectivity index (χ0) is 25.7. The van der Waals surface area contributed by atoms with Gasteiger partial charge in [0.25, 0.3) is 5.79 Å². The van der Waals surface area contributed by atoms with Crippen LogP contribution < -0.4 is 5.32 Å². The fourth-order valence-corrected chi connectivity index (χ4v) is 4.20. The van der Waals surface area contributed by atoms with Crippen LogP contribution in [0.3, 0.4) is 0 Å². The van der Waals surface area contributed by atoms with E-state index in [1.165, 1.54) is 21.0 Å². The number of amides is 1. The Bertz CT molecular complexity index is 1060. The molecule has 0 bridgehead atoms. The van der Waals surface area contributed by atoms with E-state index < -0.39 is 48.4 Å². The van der Waals surface area contributed by atoms with Gasteiger partial charge in [0.05, 0.1) is 25.9 Å². The van der Waals surface area contributed by atoms with Gasteiger partial charge in [-0.15, -0.1) is 0 Å². The van der Waals surface area contributed by atoms with Gasteiger partial charge in [0.2, 0.25) is 5.91 Å². The molecule has 2 aliphatic rings. The van der Waals surface area contributed by atoms with E-state index in [4.69, 9.17) is 28.4 Å². The lowest BCUT2D eigenvalue weighted by Crippen LogP contribution is -2.70. The van der Waals surface area contributed by atoms with Gasteiger partial charge < -0.3 is 33.7 Å². The Labute approximate surface area is 208 Å². The van der Waals surface area contributed by atoms with Crippen molar-refractivity contribution in [1.82, 2.24) is 5.32 Å². The zero-order valence-electron chi connectivity index (χ0n) is 20.2. The molecule has 2 saturated heterocycles. The standard InChI is InChI=1S/C26H29NO9/c1-16(28)27-20-22(35-23(29)18-12-8-5-9-13-18)21-19(15-33-26(2,36-21)25(30)31-3)34-24(20)32-14-17-10-6-4-7-11-17/h4-13,19-22,24H,14-15H2,1-3H3,(H,27,28)/t19-,20-,21-,22-,24+,26+/m1/s1. The Kier molecular flexibility index (Phi) is 8.00. The molecule has 1 amide bonds. The van der Waals surface area contributed by atoms with E-state index in [0.29, 0.717) is 5.56 Å². The van der Waals surface area contributed by atoms with E-state index in [1.807, 2.05) is 30.3 Å². The third kappa shape index (κ3) is 5.73. The van der Waals surface area contributed by atoms with Crippen LogP contribution in [0.1, 0.15) is 29.8 Å². The molecule has 2 fully saturated rings. The zero-order valence-corrected chi connectivity index (χ0v) is 20.2. The average molecular weight is 500 g/mol. The summed E-state index contributed by atoms with van der Waals surface area (Å²) >= 11 is 0. The largest absolute Gasteiger partial charge is 0.465 e. The lowest BCUT2D eigenvalue weighted by molar-refractivity contribution is -0.366. The lowest BCUT2D eigenvalue weighted by Gasteiger charge is -2.50. The second-order valence-electron chi connectivity index (χ2n) is 8.63. The summed E-state index contributed by atoms with van der Waals surface area (Å²) < 4.78 is 34.5. The van der Waals surface area contributed by atoms with Gasteiger partial charge in [-0.25, -0.2) is 9.59 Å². The van der Waals surface area contributed by atoms with Gasteiger partial charge in [-0.1, -0.05) is 48.5 Å². The summed E-state index contributed by atoms with van der Waals surface area (Å²) in [7, 11) is 1.21. The summed E-state index contributed by atoms with van der Waals surface area (Å²) in [6, 6.07) is 16.9. The molecule has 0 unspecified atom stereocenters. The second kappa shape index (κ2) is 11.2. The number of hydrogen-bond donors (Lipinski definition) is 1. The van der Waals surface area contributed by atoms with Crippen molar-refractivity contribution < 1.29 is 42.8 Å². The highest BCUT2D eigenvalue weighted by atomic mass is 16.8. The van der Waals surface area contributed by atoms with Crippen molar-refractivity contribution in [3.63, 3.8) is 0 Å². The normalized spacial score (nSPS) is 29.5. The number of methoxy groups -OCH3 is 1. The fourth-order valence-electron chi connectivity index (χ4n) is 4.20. The third-order valence-electron chi connectivity index (χ3n) is 5.97. The van der Waals surface area contributed by atoms with Gasteiger partial charge in [-0.2, -0.15) is 0 Å². The van der Waals surface area contributed by atoms with Crippen molar-refractivity contribution in [2.45, 2.75) is 56.9 Å². The van der Waals surface area contributed by atoms with Gasteiger partial charge >= 0.3 is 11.9 Å². The van der Waals surface area contributed by atoms with Crippen LogP contribution >= 0.6 is 0 Å². The summed E-state index contributed by atoms with van der Waals surface area (Å²) in [4.78, 5) is 37.6. The third-order valence-corrected chi connectivity index (χ3v) is 5.97. The number of hydrogen-bond acceptors (Lipinski definition) is 9. The molecular weight excluding hydrogens is 470 g/mol. The molecule has 0 saturated carbocycles. The smallest absolute Gasteiger partial charge is 0.366 e. The average Bonchev–Trinajstić information content (AvgIpc) is 2.89. The van der Waals surface area contributed by atoms with Gasteiger partial charge in [0, 0.05) is 13.8 Å². The monoisotopic (exact) mass is 499 g/mol. The molecule has 10 heteroatoms. The molecule has 6 atom stereocenters. The van der Waals surface area contributed by atoms with Crippen LogP contribution in [-0.2, 0) is 44.6 Å². The van der Waals surface area contributed by atoms with Crippen LogP contribution in [0.5, 0.6) is 0 Å². The Morgan fingerprint density at radius 1 is 1.06 bits per heavy atom. The number of carbonyl (C=O) groups excluding carboxylic acids is 3. The molecular formula is C26H29NO9. The van der Waals surface area contributed by atoms with Crippen LogP contribution in [0.4, 0.5) is 0 Å². The van der Waals surface area contributed by atoms with Crippen LogP contribution in [0.15, 0.2) is 60.7 Å². The predicted octanol–water partition coefficient (Wildman–Crippen LogP) is 1.96. The minimum absolute atomic E-state index is 0.0619. The molecule has 2 aromatic rings. The molecule has 0 aromatic heterocycles. The molecule has 10 nitrogen and oxygen atoms in total. The Morgan fingerprint density at radius 2 is 1.72 bits per heavy atom. The SMILES string of the molecule is COC(=O)[C@@]1(C)OC[C@H]2O[C@H](OCc3ccccc3)[C@H](NC(C)=O)[C@@H](OC(=O)c3ccccc3)[C@@H]2O1. The first kappa shape index (κ1) is 25.8.